The van der Waals surface area contributed by atoms with Crippen molar-refractivity contribution in [3.8, 4) is 5.75 Å². The Kier molecular flexibility index (Phi) is 4.57. The van der Waals surface area contributed by atoms with Gasteiger partial charge in [0.1, 0.15) is 11.6 Å². The Bertz CT molecular complexity index is 555. The second-order valence-electron chi connectivity index (χ2n) is 4.27. The topological polar surface area (TPSA) is 65.1 Å². The van der Waals surface area contributed by atoms with Crippen molar-refractivity contribution in [3.63, 3.8) is 0 Å². The fourth-order valence-corrected chi connectivity index (χ4v) is 2.51. The van der Waals surface area contributed by atoms with Crippen LogP contribution in [0, 0.1) is 0 Å². The van der Waals surface area contributed by atoms with Crippen LogP contribution in [0.15, 0.2) is 35.1 Å². The first-order chi connectivity index (χ1) is 9.15. The zero-order valence-corrected chi connectivity index (χ0v) is 12.5. The van der Waals surface area contributed by atoms with Crippen molar-refractivity contribution < 1.29 is 4.74 Å². The highest BCUT2D eigenvalue weighted by atomic mass is 79.9. The normalized spacial score (nSPS) is 12.4. The summed E-state index contributed by atoms with van der Waals surface area (Å²) in [6, 6.07) is 5.93. The first-order valence-electron chi connectivity index (χ1n) is 5.91. The molecular weight excluding hydrogens is 308 g/mol. The summed E-state index contributed by atoms with van der Waals surface area (Å²) in [7, 11) is 3.62. The lowest BCUT2D eigenvalue weighted by Gasteiger charge is -2.17. The van der Waals surface area contributed by atoms with Gasteiger partial charge in [0.25, 0.3) is 0 Å². The molecule has 0 radical (unpaired) electrons. The zero-order chi connectivity index (χ0) is 13.8. The van der Waals surface area contributed by atoms with Crippen LogP contribution in [0.25, 0.3) is 0 Å². The van der Waals surface area contributed by atoms with Crippen molar-refractivity contribution in [2.75, 3.05) is 7.11 Å². The average molecular weight is 325 g/mol. The van der Waals surface area contributed by atoms with Gasteiger partial charge >= 0.3 is 0 Å². The van der Waals surface area contributed by atoms with Crippen LogP contribution in [0.4, 0.5) is 0 Å². The molecular formula is C13H17BrN4O. The standard InChI is InChI=1S/C13H17BrN4O/c1-18-6-5-16-13(18)8-11(17-15)9-3-4-12(19-2)10(14)7-9/h3-7,11,17H,8,15H2,1-2H3. The van der Waals surface area contributed by atoms with E-state index in [1.807, 2.05) is 36.0 Å². The van der Waals surface area contributed by atoms with E-state index < -0.39 is 0 Å². The summed E-state index contributed by atoms with van der Waals surface area (Å²) in [5, 5.41) is 0. The predicted molar refractivity (Wildman–Crippen MR) is 77.7 cm³/mol. The van der Waals surface area contributed by atoms with E-state index in [2.05, 4.69) is 26.3 Å². The molecule has 1 aromatic heterocycles. The minimum atomic E-state index is 0.00306. The van der Waals surface area contributed by atoms with E-state index in [1.165, 1.54) is 0 Å². The van der Waals surface area contributed by atoms with Gasteiger partial charge in [0.05, 0.1) is 17.6 Å². The quantitative estimate of drug-likeness (QED) is 0.651. The number of benzene rings is 1. The van der Waals surface area contributed by atoms with E-state index in [4.69, 9.17) is 10.6 Å². The van der Waals surface area contributed by atoms with Crippen LogP contribution in [0.2, 0.25) is 0 Å². The van der Waals surface area contributed by atoms with Gasteiger partial charge < -0.3 is 9.30 Å². The third-order valence-electron chi connectivity index (χ3n) is 3.09. The molecule has 0 saturated carbocycles. The van der Waals surface area contributed by atoms with E-state index in [9.17, 15) is 0 Å². The number of hydrogen-bond acceptors (Lipinski definition) is 4. The first-order valence-corrected chi connectivity index (χ1v) is 6.70. The molecule has 1 unspecified atom stereocenters. The molecule has 0 aliphatic heterocycles. The number of aryl methyl sites for hydroxylation is 1. The largest absolute Gasteiger partial charge is 0.496 e. The summed E-state index contributed by atoms with van der Waals surface area (Å²) >= 11 is 3.48. The molecule has 0 aliphatic rings. The monoisotopic (exact) mass is 324 g/mol. The second kappa shape index (κ2) is 6.18. The summed E-state index contributed by atoms with van der Waals surface area (Å²) < 4.78 is 8.12. The molecule has 6 heteroatoms. The Morgan fingerprint density at radius 1 is 1.53 bits per heavy atom. The second-order valence-corrected chi connectivity index (χ2v) is 5.13. The van der Waals surface area contributed by atoms with Gasteiger partial charge in [0, 0.05) is 25.9 Å². The number of methoxy groups -OCH3 is 1. The molecule has 0 bridgehead atoms. The van der Waals surface area contributed by atoms with Gasteiger partial charge in [-0.25, -0.2) is 4.98 Å². The molecule has 0 saturated heterocycles. The van der Waals surface area contributed by atoms with Crippen LogP contribution in [0.3, 0.4) is 0 Å². The summed E-state index contributed by atoms with van der Waals surface area (Å²) in [6.45, 7) is 0. The van der Waals surface area contributed by atoms with Crippen molar-refractivity contribution in [3.05, 3.63) is 46.5 Å². The number of ether oxygens (including phenoxy) is 1. The van der Waals surface area contributed by atoms with Crippen molar-refractivity contribution in [1.82, 2.24) is 15.0 Å². The van der Waals surface area contributed by atoms with Crippen LogP contribution in [-0.2, 0) is 13.5 Å². The molecule has 0 aliphatic carbocycles. The molecule has 0 spiro atoms. The van der Waals surface area contributed by atoms with Gasteiger partial charge in [-0.3, -0.25) is 11.3 Å². The van der Waals surface area contributed by atoms with Crippen molar-refractivity contribution in [2.24, 2.45) is 12.9 Å². The number of halogens is 1. The van der Waals surface area contributed by atoms with E-state index >= 15 is 0 Å². The molecule has 1 aromatic carbocycles. The molecule has 2 rings (SSSR count). The van der Waals surface area contributed by atoms with E-state index in [1.54, 1.807) is 13.3 Å². The van der Waals surface area contributed by atoms with Gasteiger partial charge in [-0.1, -0.05) is 6.07 Å². The Morgan fingerprint density at radius 3 is 2.84 bits per heavy atom. The van der Waals surface area contributed by atoms with Gasteiger partial charge in [0.15, 0.2) is 0 Å². The molecule has 102 valence electrons. The maximum absolute atomic E-state index is 5.66. The van der Waals surface area contributed by atoms with Gasteiger partial charge in [-0.05, 0) is 33.6 Å². The highest BCUT2D eigenvalue weighted by molar-refractivity contribution is 9.10. The fraction of sp³-hybridized carbons (Fsp3) is 0.308. The zero-order valence-electron chi connectivity index (χ0n) is 10.9. The molecule has 1 heterocycles. The van der Waals surface area contributed by atoms with Crippen molar-refractivity contribution >= 4 is 15.9 Å². The van der Waals surface area contributed by atoms with Crippen LogP contribution < -0.4 is 16.0 Å². The van der Waals surface area contributed by atoms with Gasteiger partial charge in [-0.15, -0.1) is 0 Å². The Labute approximate surface area is 120 Å². The molecule has 19 heavy (non-hydrogen) atoms. The lowest BCUT2D eigenvalue weighted by atomic mass is 10.0. The number of hydrogen-bond donors (Lipinski definition) is 2. The first kappa shape index (κ1) is 14.0. The number of aromatic nitrogens is 2. The molecule has 0 amide bonds. The third-order valence-corrected chi connectivity index (χ3v) is 3.71. The maximum Gasteiger partial charge on any atom is 0.133 e. The highest BCUT2D eigenvalue weighted by Crippen LogP contribution is 2.28. The number of nitrogens with two attached hydrogens (primary N) is 1. The van der Waals surface area contributed by atoms with Crippen LogP contribution in [0.5, 0.6) is 5.75 Å². The van der Waals surface area contributed by atoms with Crippen LogP contribution in [0.1, 0.15) is 17.4 Å². The Balaban J connectivity index is 2.22. The summed E-state index contributed by atoms with van der Waals surface area (Å²) in [5.74, 6) is 7.44. The smallest absolute Gasteiger partial charge is 0.133 e. The molecule has 3 N–H and O–H groups in total. The third kappa shape index (κ3) is 3.15. The summed E-state index contributed by atoms with van der Waals surface area (Å²) in [6.07, 6.45) is 4.43. The fourth-order valence-electron chi connectivity index (χ4n) is 1.95. The molecule has 1 atom stereocenters. The van der Waals surface area contributed by atoms with Crippen LogP contribution >= 0.6 is 15.9 Å². The highest BCUT2D eigenvalue weighted by Gasteiger charge is 2.14. The van der Waals surface area contributed by atoms with Gasteiger partial charge in [0.2, 0.25) is 0 Å². The Morgan fingerprint density at radius 2 is 2.32 bits per heavy atom. The minimum absolute atomic E-state index is 0.00306. The van der Waals surface area contributed by atoms with Crippen molar-refractivity contribution in [1.29, 1.82) is 0 Å². The summed E-state index contributed by atoms with van der Waals surface area (Å²) in [4.78, 5) is 4.32. The number of hydrazine groups is 1. The van der Waals surface area contributed by atoms with E-state index in [-0.39, 0.29) is 6.04 Å². The van der Waals surface area contributed by atoms with E-state index in [0.29, 0.717) is 0 Å². The number of rotatable bonds is 5. The Hall–Kier alpha value is -1.37. The number of imidazole rings is 1. The van der Waals surface area contributed by atoms with Crippen LogP contribution in [-0.4, -0.2) is 16.7 Å². The lowest BCUT2D eigenvalue weighted by Crippen LogP contribution is -2.30. The lowest BCUT2D eigenvalue weighted by molar-refractivity contribution is 0.411. The average Bonchev–Trinajstić information content (AvgIpc) is 2.81. The predicted octanol–water partition coefficient (Wildman–Crippen LogP) is 1.94. The summed E-state index contributed by atoms with van der Waals surface area (Å²) in [5.41, 5.74) is 3.92. The SMILES string of the molecule is COc1ccc(C(Cc2nccn2C)NN)cc1Br. The number of nitrogens with zero attached hydrogens (tertiary/aromatic N) is 2. The molecule has 5 nitrogen and oxygen atoms in total. The number of nitrogens with one attached hydrogen (secondary N) is 1. The maximum atomic E-state index is 5.66. The van der Waals surface area contributed by atoms with Gasteiger partial charge in [-0.2, -0.15) is 0 Å². The minimum Gasteiger partial charge on any atom is -0.496 e. The van der Waals surface area contributed by atoms with E-state index in [0.717, 1.165) is 28.0 Å². The molecule has 0 fully saturated rings. The van der Waals surface area contributed by atoms with Crippen molar-refractivity contribution in [2.45, 2.75) is 12.5 Å². The molecule has 2 aromatic rings.